The van der Waals surface area contributed by atoms with E-state index in [4.69, 9.17) is 27.9 Å². The minimum absolute atomic E-state index is 0.0842. The summed E-state index contributed by atoms with van der Waals surface area (Å²) in [6, 6.07) is 16.4. The first kappa shape index (κ1) is 24.7. The fourth-order valence-corrected chi connectivity index (χ4v) is 4.12. The Kier molecular flexibility index (Phi) is 8.36. The van der Waals surface area contributed by atoms with Gasteiger partial charge in [0.25, 0.3) is 5.91 Å². The van der Waals surface area contributed by atoms with E-state index in [-0.39, 0.29) is 11.7 Å². The van der Waals surface area contributed by atoms with Crippen molar-refractivity contribution in [1.29, 1.82) is 0 Å². The predicted molar refractivity (Wildman–Crippen MR) is 139 cm³/mol. The lowest BCUT2D eigenvalue weighted by Gasteiger charge is -2.11. The SMILES string of the molecule is CCOc1ccc(-n2c(SCC(=O)N/N=C/c3ccc(Cl)c(Cl)c3)nnc2-c2cccnc2)cc1. The largest absolute Gasteiger partial charge is 0.494 e. The van der Waals surface area contributed by atoms with Crippen molar-refractivity contribution in [3.05, 3.63) is 82.6 Å². The molecular formula is C24H20Cl2N6O2S. The summed E-state index contributed by atoms with van der Waals surface area (Å²) >= 11 is 13.2. The fourth-order valence-electron chi connectivity index (χ4n) is 3.07. The van der Waals surface area contributed by atoms with Crippen LogP contribution in [0.5, 0.6) is 5.75 Å². The quantitative estimate of drug-likeness (QED) is 0.181. The second-order valence-corrected chi connectivity index (χ2v) is 8.82. The molecule has 0 aliphatic carbocycles. The Labute approximate surface area is 216 Å². The van der Waals surface area contributed by atoms with Crippen LogP contribution < -0.4 is 10.2 Å². The first-order valence-electron chi connectivity index (χ1n) is 10.5. The third-order valence-corrected chi connectivity index (χ3v) is 6.31. The van der Waals surface area contributed by atoms with Crippen molar-refractivity contribution in [3.8, 4) is 22.8 Å². The second kappa shape index (κ2) is 11.8. The van der Waals surface area contributed by atoms with Crippen molar-refractivity contribution < 1.29 is 9.53 Å². The van der Waals surface area contributed by atoms with Crippen molar-refractivity contribution in [2.24, 2.45) is 5.10 Å². The summed E-state index contributed by atoms with van der Waals surface area (Å²) in [6.07, 6.45) is 4.90. The zero-order chi connectivity index (χ0) is 24.6. The average Bonchev–Trinajstić information content (AvgIpc) is 3.30. The van der Waals surface area contributed by atoms with E-state index in [1.807, 2.05) is 47.9 Å². The highest BCUT2D eigenvalue weighted by molar-refractivity contribution is 7.99. The van der Waals surface area contributed by atoms with Crippen LogP contribution in [0.3, 0.4) is 0 Å². The number of benzene rings is 2. The predicted octanol–water partition coefficient (Wildman–Crippen LogP) is 5.28. The number of aromatic nitrogens is 4. The zero-order valence-corrected chi connectivity index (χ0v) is 20.9. The van der Waals surface area contributed by atoms with E-state index in [1.165, 1.54) is 18.0 Å². The maximum atomic E-state index is 12.4. The molecule has 4 aromatic rings. The van der Waals surface area contributed by atoms with Gasteiger partial charge in [-0.15, -0.1) is 10.2 Å². The summed E-state index contributed by atoms with van der Waals surface area (Å²) in [4.78, 5) is 16.6. The van der Waals surface area contributed by atoms with Gasteiger partial charge in [-0.2, -0.15) is 5.10 Å². The number of hydrazone groups is 1. The number of carbonyl (C=O) groups is 1. The number of amides is 1. The third-order valence-electron chi connectivity index (χ3n) is 4.64. The standard InChI is InChI=1S/C24H20Cl2N6O2S/c1-2-34-19-8-6-18(7-9-19)32-23(17-4-3-11-27-14-17)30-31-24(32)35-15-22(33)29-28-13-16-5-10-20(25)21(26)12-16/h3-14H,2,15H2,1H3,(H,29,33)/b28-13+. The van der Waals surface area contributed by atoms with E-state index in [9.17, 15) is 4.79 Å². The van der Waals surface area contributed by atoms with Crippen LogP contribution in [0.25, 0.3) is 17.1 Å². The lowest BCUT2D eigenvalue weighted by Crippen LogP contribution is -2.20. The lowest BCUT2D eigenvalue weighted by atomic mass is 10.2. The molecule has 0 aliphatic heterocycles. The molecule has 0 saturated heterocycles. The Morgan fingerprint density at radius 1 is 1.14 bits per heavy atom. The summed E-state index contributed by atoms with van der Waals surface area (Å²) < 4.78 is 7.43. The lowest BCUT2D eigenvalue weighted by molar-refractivity contribution is -0.118. The maximum absolute atomic E-state index is 12.4. The van der Waals surface area contributed by atoms with E-state index in [0.717, 1.165) is 17.0 Å². The molecule has 8 nitrogen and oxygen atoms in total. The number of halogens is 2. The Morgan fingerprint density at radius 2 is 1.97 bits per heavy atom. The highest BCUT2D eigenvalue weighted by Crippen LogP contribution is 2.28. The Balaban J connectivity index is 1.50. The van der Waals surface area contributed by atoms with Crippen molar-refractivity contribution in [1.82, 2.24) is 25.2 Å². The van der Waals surface area contributed by atoms with E-state index < -0.39 is 0 Å². The number of hydrogen-bond acceptors (Lipinski definition) is 7. The van der Waals surface area contributed by atoms with Gasteiger partial charge in [-0.25, -0.2) is 5.43 Å². The Hall–Kier alpha value is -3.40. The van der Waals surface area contributed by atoms with Crippen LogP contribution in [0.4, 0.5) is 0 Å². The van der Waals surface area contributed by atoms with Gasteiger partial charge in [0.1, 0.15) is 5.75 Å². The van der Waals surface area contributed by atoms with Gasteiger partial charge in [-0.1, -0.05) is 41.0 Å². The minimum atomic E-state index is -0.296. The number of hydrogen-bond donors (Lipinski definition) is 1. The summed E-state index contributed by atoms with van der Waals surface area (Å²) in [5.74, 6) is 1.17. The van der Waals surface area contributed by atoms with E-state index in [1.54, 1.807) is 30.6 Å². The van der Waals surface area contributed by atoms with Gasteiger partial charge in [0.2, 0.25) is 0 Å². The summed E-state index contributed by atoms with van der Waals surface area (Å²) in [7, 11) is 0. The van der Waals surface area contributed by atoms with Gasteiger partial charge in [-0.05, 0) is 61.0 Å². The van der Waals surface area contributed by atoms with Crippen LogP contribution in [-0.2, 0) is 4.79 Å². The first-order chi connectivity index (χ1) is 17.0. The number of ether oxygens (including phenoxy) is 1. The molecule has 0 fully saturated rings. The second-order valence-electron chi connectivity index (χ2n) is 7.07. The van der Waals surface area contributed by atoms with E-state index >= 15 is 0 Å². The Morgan fingerprint density at radius 3 is 2.69 bits per heavy atom. The molecule has 1 amide bonds. The number of rotatable bonds is 9. The molecule has 0 radical (unpaired) electrons. The molecular weight excluding hydrogens is 507 g/mol. The molecule has 2 aromatic carbocycles. The molecule has 11 heteroatoms. The van der Waals surface area contributed by atoms with Crippen molar-refractivity contribution in [2.75, 3.05) is 12.4 Å². The van der Waals surface area contributed by atoms with Crippen LogP contribution in [0.1, 0.15) is 12.5 Å². The molecule has 1 N–H and O–H groups in total. The summed E-state index contributed by atoms with van der Waals surface area (Å²) in [6.45, 7) is 2.51. The highest BCUT2D eigenvalue weighted by Gasteiger charge is 2.17. The van der Waals surface area contributed by atoms with Crippen LogP contribution in [-0.4, -0.2) is 44.2 Å². The van der Waals surface area contributed by atoms with Gasteiger partial charge < -0.3 is 4.74 Å². The number of carbonyl (C=O) groups excluding carboxylic acids is 1. The molecule has 0 bridgehead atoms. The summed E-state index contributed by atoms with van der Waals surface area (Å²) in [5, 5.41) is 14.1. The minimum Gasteiger partial charge on any atom is -0.494 e. The van der Waals surface area contributed by atoms with Crippen molar-refractivity contribution in [2.45, 2.75) is 12.1 Å². The molecule has 4 rings (SSSR count). The maximum Gasteiger partial charge on any atom is 0.250 e. The number of nitrogens with zero attached hydrogens (tertiary/aromatic N) is 5. The third kappa shape index (κ3) is 6.39. The molecule has 2 heterocycles. The number of pyridine rings is 1. The van der Waals surface area contributed by atoms with E-state index in [0.29, 0.717) is 33.2 Å². The van der Waals surface area contributed by atoms with Gasteiger partial charge in [0.15, 0.2) is 11.0 Å². The molecule has 0 spiro atoms. The van der Waals surface area contributed by atoms with Gasteiger partial charge in [0.05, 0.1) is 28.6 Å². The topological polar surface area (TPSA) is 94.3 Å². The molecule has 2 aromatic heterocycles. The van der Waals surface area contributed by atoms with Crippen LogP contribution in [0.15, 0.2) is 77.2 Å². The van der Waals surface area contributed by atoms with Crippen molar-refractivity contribution in [3.63, 3.8) is 0 Å². The molecule has 0 saturated carbocycles. The molecule has 35 heavy (non-hydrogen) atoms. The van der Waals surface area contributed by atoms with Gasteiger partial charge >= 0.3 is 0 Å². The zero-order valence-electron chi connectivity index (χ0n) is 18.6. The monoisotopic (exact) mass is 526 g/mol. The van der Waals surface area contributed by atoms with Crippen molar-refractivity contribution >= 4 is 47.1 Å². The molecule has 178 valence electrons. The molecule has 0 aliphatic rings. The smallest absolute Gasteiger partial charge is 0.250 e. The fraction of sp³-hybridized carbons (Fsp3) is 0.125. The summed E-state index contributed by atoms with van der Waals surface area (Å²) in [5.41, 5.74) is 4.85. The van der Waals surface area contributed by atoms with Crippen LogP contribution in [0, 0.1) is 0 Å². The van der Waals surface area contributed by atoms with Crippen LogP contribution >= 0.6 is 35.0 Å². The molecule has 0 atom stereocenters. The number of thioether (sulfide) groups is 1. The van der Waals surface area contributed by atoms with Gasteiger partial charge in [0, 0.05) is 23.6 Å². The molecule has 0 unspecified atom stereocenters. The van der Waals surface area contributed by atoms with Gasteiger partial charge in [-0.3, -0.25) is 14.3 Å². The number of nitrogens with one attached hydrogen (secondary N) is 1. The van der Waals surface area contributed by atoms with E-state index in [2.05, 4.69) is 25.7 Å². The highest BCUT2D eigenvalue weighted by atomic mass is 35.5. The van der Waals surface area contributed by atoms with Crippen LogP contribution in [0.2, 0.25) is 10.0 Å². The average molecular weight is 527 g/mol. The first-order valence-corrected chi connectivity index (χ1v) is 12.3. The normalized spacial score (nSPS) is 11.1. The Bertz CT molecular complexity index is 1330.